The van der Waals surface area contributed by atoms with Gasteiger partial charge in [-0.1, -0.05) is 48.0 Å². The van der Waals surface area contributed by atoms with Gasteiger partial charge in [0.1, 0.15) is 19.4 Å². The maximum absolute atomic E-state index is 6.44. The van der Waals surface area contributed by atoms with Crippen LogP contribution in [0.4, 0.5) is 5.82 Å². The predicted molar refractivity (Wildman–Crippen MR) is 134 cm³/mol. The third-order valence-corrected chi connectivity index (χ3v) is 6.50. The van der Waals surface area contributed by atoms with Crippen molar-refractivity contribution >= 4 is 36.4 Å². The molecule has 0 spiro atoms. The monoisotopic (exact) mass is 457 g/mol. The molecule has 2 aromatic carbocycles. The summed E-state index contributed by atoms with van der Waals surface area (Å²) in [6, 6.07) is 18.3. The highest BCUT2D eigenvalue weighted by molar-refractivity contribution is 6.36. The van der Waals surface area contributed by atoms with E-state index in [0.717, 1.165) is 55.3 Å². The van der Waals surface area contributed by atoms with Crippen LogP contribution < -0.4 is 15.5 Å². The summed E-state index contributed by atoms with van der Waals surface area (Å²) in [4.78, 5) is 7.20. The van der Waals surface area contributed by atoms with Crippen molar-refractivity contribution in [2.24, 2.45) is 0 Å². The molecule has 5 rings (SSSR count). The molecular weight excluding hydrogens is 433 g/mol. The normalized spacial score (nSPS) is 15.1. The molecule has 3 heterocycles. The average molecular weight is 458 g/mol. The van der Waals surface area contributed by atoms with Crippen molar-refractivity contribution in [2.45, 2.75) is 25.4 Å². The largest absolute Gasteiger partial charge is 0.496 e. The first-order valence-electron chi connectivity index (χ1n) is 11.1. The molecular formula is C25H25BClN5O. The topological polar surface area (TPSA) is 54.7 Å². The van der Waals surface area contributed by atoms with Gasteiger partial charge in [-0.25, -0.2) is 4.98 Å². The number of likely N-dealkylation sites (tertiary alicyclic amines) is 1. The standard InChI is InChI=1S/C25H25BClN5O/c1-33-23-9-5-2-6-17(23)16-31-12-10-18(11-13-31)29-24-14-22(19-7-3-4-8-21(19)27)30-25-20(26)15-28-32(24)25/h2-9,14-15,18,29H,10-13,16H2,1H3. The van der Waals surface area contributed by atoms with Crippen LogP contribution in [0.25, 0.3) is 16.9 Å². The van der Waals surface area contributed by atoms with Gasteiger partial charge in [-0.3, -0.25) is 4.90 Å². The maximum atomic E-state index is 6.44. The Balaban J connectivity index is 1.33. The Kier molecular flexibility index (Phi) is 6.25. The molecule has 0 atom stereocenters. The number of anilines is 1. The van der Waals surface area contributed by atoms with Crippen LogP contribution in [-0.4, -0.2) is 53.6 Å². The number of hydrogen-bond acceptors (Lipinski definition) is 5. The van der Waals surface area contributed by atoms with Crippen LogP contribution >= 0.6 is 11.6 Å². The van der Waals surface area contributed by atoms with Crippen molar-refractivity contribution < 1.29 is 4.74 Å². The number of fused-ring (bicyclic) bond motifs is 1. The van der Waals surface area contributed by atoms with Crippen LogP contribution in [0.15, 0.2) is 60.8 Å². The van der Waals surface area contributed by atoms with Crippen molar-refractivity contribution in [3.8, 4) is 17.0 Å². The van der Waals surface area contributed by atoms with E-state index < -0.39 is 0 Å². The van der Waals surface area contributed by atoms with Gasteiger partial charge in [-0.15, -0.1) is 0 Å². The highest BCUT2D eigenvalue weighted by Gasteiger charge is 2.22. The number of hydrogen-bond donors (Lipinski definition) is 1. The number of halogens is 1. The lowest BCUT2D eigenvalue weighted by atomic mass is 10.0. The van der Waals surface area contributed by atoms with E-state index in [2.05, 4.69) is 27.4 Å². The summed E-state index contributed by atoms with van der Waals surface area (Å²) < 4.78 is 7.29. The summed E-state index contributed by atoms with van der Waals surface area (Å²) in [5.74, 6) is 1.81. The van der Waals surface area contributed by atoms with Crippen molar-refractivity contribution in [1.29, 1.82) is 0 Å². The first-order valence-corrected chi connectivity index (χ1v) is 11.5. The Bertz CT molecular complexity index is 1270. The van der Waals surface area contributed by atoms with Gasteiger partial charge < -0.3 is 10.1 Å². The van der Waals surface area contributed by atoms with Gasteiger partial charge in [0.15, 0.2) is 5.65 Å². The lowest BCUT2D eigenvalue weighted by Crippen LogP contribution is -2.39. The maximum Gasteiger partial charge on any atom is 0.150 e. The second-order valence-electron chi connectivity index (χ2n) is 8.35. The van der Waals surface area contributed by atoms with E-state index in [1.165, 1.54) is 5.56 Å². The zero-order valence-corrected chi connectivity index (χ0v) is 19.3. The predicted octanol–water partition coefficient (Wildman–Crippen LogP) is 3.93. The summed E-state index contributed by atoms with van der Waals surface area (Å²) in [6.07, 6.45) is 3.69. The van der Waals surface area contributed by atoms with Crippen LogP contribution in [-0.2, 0) is 6.54 Å². The van der Waals surface area contributed by atoms with Crippen LogP contribution in [0.2, 0.25) is 5.02 Å². The van der Waals surface area contributed by atoms with E-state index in [1.54, 1.807) is 17.8 Å². The number of piperidine rings is 1. The summed E-state index contributed by atoms with van der Waals surface area (Å²) in [5.41, 5.74) is 4.04. The van der Waals surface area contributed by atoms with Crippen molar-refractivity contribution in [2.75, 3.05) is 25.5 Å². The molecule has 0 bridgehead atoms. The summed E-state index contributed by atoms with van der Waals surface area (Å²) in [6.45, 7) is 2.90. The Morgan fingerprint density at radius 2 is 1.88 bits per heavy atom. The zero-order valence-electron chi connectivity index (χ0n) is 18.5. The van der Waals surface area contributed by atoms with Gasteiger partial charge in [0.2, 0.25) is 0 Å². The van der Waals surface area contributed by atoms with Crippen molar-refractivity contribution in [3.63, 3.8) is 0 Å². The molecule has 2 aromatic heterocycles. The van der Waals surface area contributed by atoms with E-state index in [-0.39, 0.29) is 0 Å². The zero-order chi connectivity index (χ0) is 22.8. The Labute approximate surface area is 199 Å². The summed E-state index contributed by atoms with van der Waals surface area (Å²) in [5, 5.41) is 8.78. The summed E-state index contributed by atoms with van der Waals surface area (Å²) >= 11 is 6.44. The number of methoxy groups -OCH3 is 1. The number of nitrogens with zero attached hydrogens (tertiary/aromatic N) is 4. The van der Waals surface area contributed by atoms with Crippen LogP contribution in [0.1, 0.15) is 18.4 Å². The molecule has 1 saturated heterocycles. The van der Waals surface area contributed by atoms with Gasteiger partial charge in [-0.2, -0.15) is 9.61 Å². The van der Waals surface area contributed by atoms with E-state index in [1.807, 2.05) is 42.5 Å². The molecule has 6 nitrogen and oxygen atoms in total. The third kappa shape index (κ3) is 4.56. The molecule has 1 aliphatic heterocycles. The molecule has 8 heteroatoms. The Morgan fingerprint density at radius 1 is 1.12 bits per heavy atom. The number of rotatable bonds is 6. The molecule has 2 radical (unpaired) electrons. The summed E-state index contributed by atoms with van der Waals surface area (Å²) in [7, 11) is 7.88. The molecule has 4 aromatic rings. The smallest absolute Gasteiger partial charge is 0.150 e. The molecule has 0 unspecified atom stereocenters. The number of ether oxygens (including phenoxy) is 1. The van der Waals surface area contributed by atoms with Crippen LogP contribution in [0.5, 0.6) is 5.75 Å². The van der Waals surface area contributed by atoms with Gasteiger partial charge >= 0.3 is 0 Å². The van der Waals surface area contributed by atoms with E-state index in [0.29, 0.717) is 22.2 Å². The fraction of sp³-hybridized carbons (Fsp3) is 0.280. The molecule has 1 N–H and O–H groups in total. The second kappa shape index (κ2) is 9.45. The Morgan fingerprint density at radius 3 is 2.67 bits per heavy atom. The first-order chi connectivity index (χ1) is 16.1. The lowest BCUT2D eigenvalue weighted by molar-refractivity contribution is 0.208. The molecule has 0 saturated carbocycles. The van der Waals surface area contributed by atoms with E-state index in [4.69, 9.17) is 29.2 Å². The van der Waals surface area contributed by atoms with Gasteiger partial charge in [0.25, 0.3) is 0 Å². The molecule has 1 fully saturated rings. The molecule has 33 heavy (non-hydrogen) atoms. The molecule has 0 amide bonds. The van der Waals surface area contributed by atoms with Gasteiger partial charge in [-0.05, 0) is 30.4 Å². The highest BCUT2D eigenvalue weighted by Crippen LogP contribution is 2.29. The van der Waals surface area contributed by atoms with E-state index >= 15 is 0 Å². The Hall–Kier alpha value is -3.03. The highest BCUT2D eigenvalue weighted by atomic mass is 35.5. The second-order valence-corrected chi connectivity index (χ2v) is 8.76. The molecule has 166 valence electrons. The van der Waals surface area contributed by atoms with Crippen molar-refractivity contribution in [3.05, 3.63) is 71.4 Å². The number of nitrogens with one attached hydrogen (secondary N) is 1. The molecule has 0 aliphatic carbocycles. The van der Waals surface area contributed by atoms with Crippen LogP contribution in [0, 0.1) is 0 Å². The average Bonchev–Trinajstić information content (AvgIpc) is 3.22. The number of para-hydroxylation sites is 1. The third-order valence-electron chi connectivity index (χ3n) is 6.17. The van der Waals surface area contributed by atoms with Gasteiger partial charge in [0.05, 0.1) is 12.8 Å². The fourth-order valence-corrected chi connectivity index (χ4v) is 4.64. The fourth-order valence-electron chi connectivity index (χ4n) is 4.41. The quantitative estimate of drug-likeness (QED) is 0.445. The number of benzene rings is 2. The van der Waals surface area contributed by atoms with E-state index in [9.17, 15) is 0 Å². The van der Waals surface area contributed by atoms with Gasteiger partial charge in [0, 0.05) is 54.1 Å². The lowest BCUT2D eigenvalue weighted by Gasteiger charge is -2.33. The van der Waals surface area contributed by atoms with Crippen LogP contribution in [0.3, 0.4) is 0 Å². The minimum absolute atomic E-state index is 0.328. The number of aromatic nitrogens is 3. The first kappa shape index (κ1) is 21.8. The minimum atomic E-state index is 0.328. The minimum Gasteiger partial charge on any atom is -0.496 e. The molecule has 1 aliphatic rings. The van der Waals surface area contributed by atoms with Crippen molar-refractivity contribution in [1.82, 2.24) is 19.5 Å². The SMILES string of the molecule is [B]c1cnn2c(NC3CCN(Cc4ccccc4OC)CC3)cc(-c3ccccc3Cl)nc12.